The van der Waals surface area contributed by atoms with Crippen molar-refractivity contribution in [1.29, 1.82) is 0 Å². The average molecular weight is 239 g/mol. The van der Waals surface area contributed by atoms with Crippen LogP contribution in [-0.4, -0.2) is 30.0 Å². The minimum absolute atomic E-state index is 0.181. The van der Waals surface area contributed by atoms with E-state index in [0.29, 0.717) is 12.3 Å². The largest absolute Gasteiger partial charge is 0.507 e. The van der Waals surface area contributed by atoms with Crippen molar-refractivity contribution in [2.75, 3.05) is 13.7 Å². The van der Waals surface area contributed by atoms with Crippen molar-refractivity contribution >= 4 is 0 Å². The lowest BCUT2D eigenvalue weighted by Gasteiger charge is -2.16. The van der Waals surface area contributed by atoms with Crippen LogP contribution in [-0.2, 0) is 6.54 Å². The molecule has 4 nitrogen and oxygen atoms in total. The highest BCUT2D eigenvalue weighted by molar-refractivity contribution is 5.39. The minimum atomic E-state index is 0.181. The van der Waals surface area contributed by atoms with Crippen molar-refractivity contribution in [3.8, 4) is 11.5 Å². The maximum Gasteiger partial charge on any atom is 0.123 e. The van der Waals surface area contributed by atoms with Crippen molar-refractivity contribution in [3.05, 3.63) is 23.8 Å². The average Bonchev–Trinajstić information content (AvgIpc) is 2.35. The van der Waals surface area contributed by atoms with E-state index in [4.69, 9.17) is 9.84 Å². The van der Waals surface area contributed by atoms with Gasteiger partial charge in [-0.25, -0.2) is 0 Å². The van der Waals surface area contributed by atoms with Crippen LogP contribution in [0.5, 0.6) is 11.5 Å². The molecule has 4 heteroatoms. The number of ether oxygens (including phenoxy) is 1. The van der Waals surface area contributed by atoms with Crippen molar-refractivity contribution in [1.82, 2.24) is 5.32 Å². The SMILES string of the molecule is CCC(CCO)NCc1ccc(OC)cc1O. The van der Waals surface area contributed by atoms with Crippen molar-refractivity contribution in [2.45, 2.75) is 32.4 Å². The van der Waals surface area contributed by atoms with E-state index in [-0.39, 0.29) is 18.4 Å². The molecule has 1 aromatic carbocycles. The Hall–Kier alpha value is -1.26. The molecule has 0 saturated carbocycles. The number of aliphatic hydroxyl groups excluding tert-OH is 1. The summed E-state index contributed by atoms with van der Waals surface area (Å²) in [6.45, 7) is 2.84. The van der Waals surface area contributed by atoms with Gasteiger partial charge < -0.3 is 20.3 Å². The fraction of sp³-hybridized carbons (Fsp3) is 0.538. The lowest BCUT2D eigenvalue weighted by atomic mass is 10.1. The van der Waals surface area contributed by atoms with E-state index < -0.39 is 0 Å². The molecule has 0 aromatic heterocycles. The van der Waals surface area contributed by atoms with Gasteiger partial charge in [0.1, 0.15) is 11.5 Å². The van der Waals surface area contributed by atoms with Crippen molar-refractivity contribution in [2.24, 2.45) is 0 Å². The first-order valence-corrected chi connectivity index (χ1v) is 5.91. The molecule has 0 fully saturated rings. The Morgan fingerprint density at radius 2 is 2.18 bits per heavy atom. The standard InChI is InChI=1S/C13H21NO3/c1-3-11(6-7-15)14-9-10-4-5-12(17-2)8-13(10)16/h4-5,8,11,14-16H,3,6-7,9H2,1-2H3. The third-order valence-corrected chi connectivity index (χ3v) is 2.84. The monoisotopic (exact) mass is 239 g/mol. The molecule has 1 aromatic rings. The number of aromatic hydroxyl groups is 1. The summed E-state index contributed by atoms with van der Waals surface area (Å²) in [6.07, 6.45) is 1.69. The second-order valence-corrected chi connectivity index (χ2v) is 3.99. The predicted octanol–water partition coefficient (Wildman–Crippen LogP) is 1.65. The maximum atomic E-state index is 9.77. The molecule has 1 rings (SSSR count). The summed E-state index contributed by atoms with van der Waals surface area (Å²) in [7, 11) is 1.57. The molecule has 0 aliphatic rings. The van der Waals surface area contributed by atoms with E-state index in [0.717, 1.165) is 18.4 Å². The number of methoxy groups -OCH3 is 1. The highest BCUT2D eigenvalue weighted by Gasteiger charge is 2.07. The zero-order chi connectivity index (χ0) is 12.7. The maximum absolute atomic E-state index is 9.77. The molecule has 0 aliphatic carbocycles. The Bertz CT molecular complexity index is 341. The normalized spacial score (nSPS) is 12.4. The van der Waals surface area contributed by atoms with E-state index in [2.05, 4.69) is 12.2 Å². The second kappa shape index (κ2) is 7.14. The van der Waals surface area contributed by atoms with Gasteiger partial charge in [-0.1, -0.05) is 13.0 Å². The van der Waals surface area contributed by atoms with E-state index in [1.54, 1.807) is 13.2 Å². The van der Waals surface area contributed by atoms with Crippen molar-refractivity contribution in [3.63, 3.8) is 0 Å². The van der Waals surface area contributed by atoms with Crippen molar-refractivity contribution < 1.29 is 14.9 Å². The van der Waals surface area contributed by atoms with Gasteiger partial charge in [0.15, 0.2) is 0 Å². The van der Waals surface area contributed by atoms with Gasteiger partial charge in [0, 0.05) is 30.8 Å². The fourth-order valence-electron chi connectivity index (χ4n) is 1.68. The number of phenols is 1. The van der Waals surface area contributed by atoms with Crippen LogP contribution >= 0.6 is 0 Å². The summed E-state index contributed by atoms with van der Waals surface area (Å²) in [5.74, 6) is 0.879. The zero-order valence-electron chi connectivity index (χ0n) is 10.4. The molecule has 0 saturated heterocycles. The van der Waals surface area contributed by atoms with E-state index >= 15 is 0 Å². The van der Waals surface area contributed by atoms with Gasteiger partial charge >= 0.3 is 0 Å². The number of hydrogen-bond acceptors (Lipinski definition) is 4. The molecule has 1 unspecified atom stereocenters. The molecular weight excluding hydrogens is 218 g/mol. The first kappa shape index (κ1) is 13.8. The number of benzene rings is 1. The Morgan fingerprint density at radius 1 is 1.41 bits per heavy atom. The number of aliphatic hydroxyl groups is 1. The zero-order valence-corrected chi connectivity index (χ0v) is 10.4. The smallest absolute Gasteiger partial charge is 0.123 e. The number of phenolic OH excluding ortho intramolecular Hbond substituents is 1. The summed E-state index contributed by atoms with van der Waals surface area (Å²) in [5, 5.41) is 22.0. The fourth-order valence-corrected chi connectivity index (χ4v) is 1.68. The van der Waals surface area contributed by atoms with E-state index in [1.807, 2.05) is 12.1 Å². The quantitative estimate of drug-likeness (QED) is 0.677. The van der Waals surface area contributed by atoms with Gasteiger partial charge in [0.2, 0.25) is 0 Å². The third-order valence-electron chi connectivity index (χ3n) is 2.84. The van der Waals surface area contributed by atoms with Gasteiger partial charge in [-0.05, 0) is 18.9 Å². The first-order valence-electron chi connectivity index (χ1n) is 5.91. The molecule has 0 bridgehead atoms. The lowest BCUT2D eigenvalue weighted by molar-refractivity contribution is 0.261. The molecule has 0 amide bonds. The van der Waals surface area contributed by atoms with Crippen LogP contribution in [0.4, 0.5) is 0 Å². The highest BCUT2D eigenvalue weighted by Crippen LogP contribution is 2.23. The molecule has 0 aliphatic heterocycles. The van der Waals surface area contributed by atoms with Crippen LogP contribution in [0.15, 0.2) is 18.2 Å². The molecule has 17 heavy (non-hydrogen) atoms. The van der Waals surface area contributed by atoms with Crippen LogP contribution in [0, 0.1) is 0 Å². The molecule has 0 spiro atoms. The predicted molar refractivity (Wildman–Crippen MR) is 67.3 cm³/mol. The van der Waals surface area contributed by atoms with Gasteiger partial charge in [-0.3, -0.25) is 0 Å². The molecule has 0 heterocycles. The summed E-state index contributed by atoms with van der Waals surface area (Å²) in [6, 6.07) is 5.54. The lowest BCUT2D eigenvalue weighted by Crippen LogP contribution is -2.28. The van der Waals surface area contributed by atoms with Gasteiger partial charge in [-0.2, -0.15) is 0 Å². The Labute approximate surface area is 102 Å². The molecule has 0 radical (unpaired) electrons. The van der Waals surface area contributed by atoms with Crippen LogP contribution in [0.1, 0.15) is 25.3 Å². The summed E-state index contributed by atoms with van der Waals surface area (Å²) < 4.78 is 5.02. The molecule has 3 N–H and O–H groups in total. The number of rotatable bonds is 7. The topological polar surface area (TPSA) is 61.7 Å². The molecule has 96 valence electrons. The van der Waals surface area contributed by atoms with Gasteiger partial charge in [0.05, 0.1) is 7.11 Å². The summed E-state index contributed by atoms with van der Waals surface area (Å²) in [4.78, 5) is 0. The Kier molecular flexibility index (Phi) is 5.80. The van der Waals surface area contributed by atoms with E-state index in [9.17, 15) is 5.11 Å². The highest BCUT2D eigenvalue weighted by atomic mass is 16.5. The third kappa shape index (κ3) is 4.24. The van der Waals surface area contributed by atoms with Crippen LogP contribution in [0.2, 0.25) is 0 Å². The first-order chi connectivity index (χ1) is 8.21. The second-order valence-electron chi connectivity index (χ2n) is 3.99. The number of hydrogen-bond donors (Lipinski definition) is 3. The van der Waals surface area contributed by atoms with E-state index in [1.165, 1.54) is 0 Å². The Balaban J connectivity index is 2.56. The van der Waals surface area contributed by atoms with Gasteiger partial charge in [0.25, 0.3) is 0 Å². The minimum Gasteiger partial charge on any atom is -0.507 e. The van der Waals surface area contributed by atoms with Crippen LogP contribution < -0.4 is 10.1 Å². The van der Waals surface area contributed by atoms with Crippen LogP contribution in [0.25, 0.3) is 0 Å². The molecule has 1 atom stereocenters. The van der Waals surface area contributed by atoms with Crippen LogP contribution in [0.3, 0.4) is 0 Å². The summed E-state index contributed by atoms with van der Waals surface area (Å²) >= 11 is 0. The van der Waals surface area contributed by atoms with Gasteiger partial charge in [-0.15, -0.1) is 0 Å². The number of nitrogens with one attached hydrogen (secondary N) is 1. The Morgan fingerprint density at radius 3 is 2.71 bits per heavy atom. The molecular formula is C13H21NO3. The summed E-state index contributed by atoms with van der Waals surface area (Å²) in [5.41, 5.74) is 0.835.